The molecule has 0 amide bonds. The molecule has 2 rings (SSSR count). The Morgan fingerprint density at radius 1 is 0.947 bits per heavy atom. The van der Waals surface area contributed by atoms with Crippen molar-refractivity contribution in [2.24, 2.45) is 10.2 Å². The van der Waals surface area contributed by atoms with Gasteiger partial charge in [0.1, 0.15) is 0 Å². The number of nitrogen functional groups attached to an aromatic ring is 1. The largest absolute Gasteiger partial charge is 0.399 e. The lowest BCUT2D eigenvalue weighted by Gasteiger charge is -2.11. The van der Waals surface area contributed by atoms with E-state index in [9.17, 15) is 0 Å². The summed E-state index contributed by atoms with van der Waals surface area (Å²) in [7, 11) is 4.01. The zero-order valence-electron chi connectivity index (χ0n) is 11.5. The number of nitrogens with two attached hydrogens (primary N) is 1. The molecule has 0 aliphatic rings. The van der Waals surface area contributed by atoms with Gasteiger partial charge in [-0.1, -0.05) is 6.07 Å². The van der Waals surface area contributed by atoms with E-state index in [4.69, 9.17) is 5.73 Å². The molecule has 4 heteroatoms. The van der Waals surface area contributed by atoms with Gasteiger partial charge in [0.15, 0.2) is 0 Å². The van der Waals surface area contributed by atoms with Gasteiger partial charge in [0.2, 0.25) is 0 Å². The summed E-state index contributed by atoms with van der Waals surface area (Å²) in [6, 6.07) is 13.5. The Hall–Kier alpha value is -2.36. The minimum absolute atomic E-state index is 0.697. The van der Waals surface area contributed by atoms with E-state index in [0.717, 1.165) is 22.6 Å². The van der Waals surface area contributed by atoms with E-state index in [1.807, 2.05) is 68.4 Å². The minimum atomic E-state index is 0.697. The van der Waals surface area contributed by atoms with Gasteiger partial charge in [-0.3, -0.25) is 0 Å². The molecule has 0 saturated heterocycles. The second-order valence-electron chi connectivity index (χ2n) is 4.66. The van der Waals surface area contributed by atoms with Gasteiger partial charge in [-0.05, 0) is 48.9 Å². The molecule has 2 aromatic rings. The summed E-state index contributed by atoms with van der Waals surface area (Å²) in [4.78, 5) is 2.04. The predicted molar refractivity (Wildman–Crippen MR) is 80.5 cm³/mol. The fourth-order valence-electron chi connectivity index (χ4n) is 1.66. The van der Waals surface area contributed by atoms with E-state index in [1.165, 1.54) is 0 Å². The fraction of sp³-hybridized carbons (Fsp3) is 0.200. The molecule has 0 spiro atoms. The second-order valence-corrected chi connectivity index (χ2v) is 4.66. The van der Waals surface area contributed by atoms with Gasteiger partial charge in [-0.25, -0.2) is 0 Å². The second kappa shape index (κ2) is 5.52. The van der Waals surface area contributed by atoms with Gasteiger partial charge in [-0.2, -0.15) is 10.2 Å². The van der Waals surface area contributed by atoms with E-state index in [0.29, 0.717) is 5.69 Å². The highest BCUT2D eigenvalue weighted by Crippen LogP contribution is 2.25. The molecular formula is C15H18N4. The number of rotatable bonds is 3. The first kappa shape index (κ1) is 13.1. The quantitative estimate of drug-likeness (QED) is 0.663. The summed E-state index contributed by atoms with van der Waals surface area (Å²) in [5.74, 6) is 0. The molecule has 0 fully saturated rings. The maximum absolute atomic E-state index is 5.74. The van der Waals surface area contributed by atoms with Crippen molar-refractivity contribution in [2.45, 2.75) is 6.92 Å². The van der Waals surface area contributed by atoms with Crippen molar-refractivity contribution >= 4 is 22.7 Å². The van der Waals surface area contributed by atoms with Gasteiger partial charge >= 0.3 is 0 Å². The first-order chi connectivity index (χ1) is 9.06. The van der Waals surface area contributed by atoms with Crippen molar-refractivity contribution in [3.8, 4) is 0 Å². The van der Waals surface area contributed by atoms with Gasteiger partial charge < -0.3 is 10.6 Å². The number of hydrogen-bond donors (Lipinski definition) is 1. The third kappa shape index (κ3) is 3.31. The van der Waals surface area contributed by atoms with Crippen molar-refractivity contribution in [1.82, 2.24) is 0 Å². The summed E-state index contributed by atoms with van der Waals surface area (Å²) < 4.78 is 0. The first-order valence-corrected chi connectivity index (χ1v) is 6.11. The van der Waals surface area contributed by atoms with Crippen LogP contribution in [0.2, 0.25) is 0 Å². The van der Waals surface area contributed by atoms with Crippen LogP contribution in [0.15, 0.2) is 52.7 Å². The van der Waals surface area contributed by atoms with Crippen LogP contribution in [-0.4, -0.2) is 14.1 Å². The van der Waals surface area contributed by atoms with Gasteiger partial charge in [-0.15, -0.1) is 0 Å². The normalized spacial score (nSPS) is 10.9. The maximum atomic E-state index is 5.74. The topological polar surface area (TPSA) is 54.0 Å². The summed E-state index contributed by atoms with van der Waals surface area (Å²) in [5.41, 5.74) is 10.3. The summed E-state index contributed by atoms with van der Waals surface area (Å²) in [6.45, 7) is 1.99. The van der Waals surface area contributed by atoms with E-state index < -0.39 is 0 Å². The molecule has 0 aromatic heterocycles. The van der Waals surface area contributed by atoms with Crippen molar-refractivity contribution in [1.29, 1.82) is 0 Å². The average molecular weight is 254 g/mol. The Morgan fingerprint density at radius 2 is 1.63 bits per heavy atom. The van der Waals surface area contributed by atoms with Gasteiger partial charge in [0.05, 0.1) is 11.4 Å². The summed E-state index contributed by atoms with van der Waals surface area (Å²) >= 11 is 0. The zero-order valence-corrected chi connectivity index (χ0v) is 11.5. The molecule has 0 saturated carbocycles. The first-order valence-electron chi connectivity index (χ1n) is 6.11. The highest BCUT2D eigenvalue weighted by atomic mass is 15.1. The molecule has 98 valence electrons. The van der Waals surface area contributed by atoms with Crippen LogP contribution < -0.4 is 10.6 Å². The highest BCUT2D eigenvalue weighted by molar-refractivity contribution is 5.56. The van der Waals surface area contributed by atoms with E-state index in [1.54, 1.807) is 0 Å². The number of azo groups is 1. The average Bonchev–Trinajstić information content (AvgIpc) is 2.40. The van der Waals surface area contributed by atoms with Crippen LogP contribution in [0.4, 0.5) is 22.7 Å². The lowest BCUT2D eigenvalue weighted by Crippen LogP contribution is -2.07. The van der Waals surface area contributed by atoms with Crippen LogP contribution >= 0.6 is 0 Å². The minimum Gasteiger partial charge on any atom is -0.399 e. The zero-order chi connectivity index (χ0) is 13.8. The Balaban J connectivity index is 2.20. The van der Waals surface area contributed by atoms with Gasteiger partial charge in [0, 0.05) is 25.5 Å². The molecule has 4 nitrogen and oxygen atoms in total. The van der Waals surface area contributed by atoms with Crippen LogP contribution in [0.25, 0.3) is 0 Å². The van der Waals surface area contributed by atoms with Crippen LogP contribution in [0.1, 0.15) is 5.56 Å². The molecule has 0 aliphatic heterocycles. The number of hydrogen-bond acceptors (Lipinski definition) is 4. The summed E-state index contributed by atoms with van der Waals surface area (Å²) in [5, 5.41) is 8.47. The lowest BCUT2D eigenvalue weighted by molar-refractivity contribution is 1.13. The number of benzene rings is 2. The standard InChI is InChI=1S/C15H18N4/c1-11-4-5-12(16)10-15(11)18-17-13-6-8-14(9-7-13)19(2)3/h4-10H,16H2,1-3H3. The molecular weight excluding hydrogens is 236 g/mol. The Morgan fingerprint density at radius 3 is 2.26 bits per heavy atom. The van der Waals surface area contributed by atoms with Gasteiger partial charge in [0.25, 0.3) is 0 Å². The third-order valence-corrected chi connectivity index (χ3v) is 2.87. The van der Waals surface area contributed by atoms with E-state index >= 15 is 0 Å². The third-order valence-electron chi connectivity index (χ3n) is 2.87. The number of aryl methyl sites for hydroxylation is 1. The molecule has 0 aliphatic carbocycles. The summed E-state index contributed by atoms with van der Waals surface area (Å²) in [6.07, 6.45) is 0. The van der Waals surface area contributed by atoms with Crippen LogP contribution in [-0.2, 0) is 0 Å². The molecule has 2 N–H and O–H groups in total. The molecule has 0 bridgehead atoms. The highest BCUT2D eigenvalue weighted by Gasteiger charge is 1.98. The lowest BCUT2D eigenvalue weighted by atomic mass is 10.2. The Kier molecular flexibility index (Phi) is 3.80. The number of anilines is 2. The smallest absolute Gasteiger partial charge is 0.0906 e. The predicted octanol–water partition coefficient (Wildman–Crippen LogP) is 4.06. The molecule has 0 unspecified atom stereocenters. The Bertz CT molecular complexity index is 586. The van der Waals surface area contributed by atoms with Crippen LogP contribution in [0.3, 0.4) is 0 Å². The molecule has 19 heavy (non-hydrogen) atoms. The SMILES string of the molecule is Cc1ccc(N)cc1N=Nc1ccc(N(C)C)cc1. The van der Waals surface area contributed by atoms with Crippen molar-refractivity contribution in [2.75, 3.05) is 24.7 Å². The van der Waals surface area contributed by atoms with E-state index in [-0.39, 0.29) is 0 Å². The van der Waals surface area contributed by atoms with Crippen LogP contribution in [0.5, 0.6) is 0 Å². The molecule has 0 atom stereocenters. The Labute approximate surface area is 113 Å². The number of nitrogens with zero attached hydrogens (tertiary/aromatic N) is 3. The maximum Gasteiger partial charge on any atom is 0.0906 e. The molecule has 0 heterocycles. The van der Waals surface area contributed by atoms with Crippen molar-refractivity contribution in [3.63, 3.8) is 0 Å². The molecule has 2 aromatic carbocycles. The van der Waals surface area contributed by atoms with Crippen LogP contribution in [0, 0.1) is 6.92 Å². The van der Waals surface area contributed by atoms with E-state index in [2.05, 4.69) is 10.2 Å². The fourth-order valence-corrected chi connectivity index (χ4v) is 1.66. The van der Waals surface area contributed by atoms with Crippen molar-refractivity contribution < 1.29 is 0 Å². The van der Waals surface area contributed by atoms with Crippen molar-refractivity contribution in [3.05, 3.63) is 48.0 Å². The molecule has 0 radical (unpaired) electrons. The monoisotopic (exact) mass is 254 g/mol.